The Labute approximate surface area is 163 Å². The normalized spacial score (nSPS) is 53.8. The van der Waals surface area contributed by atoms with Gasteiger partial charge < -0.3 is 10.2 Å². The van der Waals surface area contributed by atoms with E-state index >= 15 is 0 Å². The lowest BCUT2D eigenvalue weighted by Crippen LogP contribution is -2.43. The molecule has 3 saturated carbocycles. The van der Waals surface area contributed by atoms with Crippen molar-refractivity contribution < 1.29 is 10.2 Å². The first kappa shape index (κ1) is 19.4. The van der Waals surface area contributed by atoms with E-state index in [1.165, 1.54) is 5.57 Å². The molecule has 8 atom stereocenters. The fourth-order valence-electron chi connectivity index (χ4n) is 5.99. The summed E-state index contributed by atoms with van der Waals surface area (Å²) in [7, 11) is 0. The Morgan fingerprint density at radius 1 is 1.00 bits per heavy atom. The molecule has 0 spiro atoms. The second kappa shape index (κ2) is 6.07. The average Bonchev–Trinajstić information content (AvgIpc) is 2.87. The van der Waals surface area contributed by atoms with Gasteiger partial charge in [-0.05, 0) is 69.1 Å². The van der Waals surface area contributed by atoms with E-state index in [2.05, 4.69) is 52.3 Å². The van der Waals surface area contributed by atoms with Crippen molar-refractivity contribution in [2.24, 2.45) is 29.1 Å². The summed E-state index contributed by atoms with van der Waals surface area (Å²) in [5.74, 6) is 1.68. The van der Waals surface area contributed by atoms with Crippen LogP contribution >= 0.6 is 31.9 Å². The summed E-state index contributed by atoms with van der Waals surface area (Å²) < 4.78 is 0. The maximum absolute atomic E-state index is 10.9. The molecule has 0 radical (unpaired) electrons. The van der Waals surface area contributed by atoms with Crippen LogP contribution in [0, 0.1) is 29.1 Å². The van der Waals surface area contributed by atoms with E-state index in [1.54, 1.807) is 0 Å². The van der Waals surface area contributed by atoms with Crippen LogP contribution in [0.4, 0.5) is 0 Å². The molecule has 0 unspecified atom stereocenters. The molecule has 2 N–H and O–H groups in total. The van der Waals surface area contributed by atoms with Crippen LogP contribution in [0.15, 0.2) is 12.2 Å². The van der Waals surface area contributed by atoms with Crippen molar-refractivity contribution in [2.45, 2.75) is 80.7 Å². The Morgan fingerprint density at radius 3 is 2.12 bits per heavy atom. The Balaban J connectivity index is 1.83. The number of aliphatic hydroxyl groups is 2. The fraction of sp³-hybridized carbons (Fsp3) is 0.900. The van der Waals surface area contributed by atoms with E-state index in [-0.39, 0.29) is 10.2 Å². The topological polar surface area (TPSA) is 40.5 Å². The Kier molecular flexibility index (Phi) is 4.90. The zero-order chi connectivity index (χ0) is 18.1. The van der Waals surface area contributed by atoms with Gasteiger partial charge in [0.2, 0.25) is 0 Å². The van der Waals surface area contributed by atoms with Crippen molar-refractivity contribution in [2.75, 3.05) is 0 Å². The van der Waals surface area contributed by atoms with Gasteiger partial charge in [-0.2, -0.15) is 0 Å². The summed E-state index contributed by atoms with van der Waals surface area (Å²) in [4.78, 5) is 0.417. The Morgan fingerprint density at radius 2 is 1.58 bits per heavy atom. The van der Waals surface area contributed by atoms with Crippen molar-refractivity contribution in [3.8, 4) is 0 Å². The average molecular weight is 464 g/mol. The molecule has 3 aliphatic rings. The van der Waals surface area contributed by atoms with Gasteiger partial charge in [0, 0.05) is 15.6 Å². The maximum Gasteiger partial charge on any atom is 0.0744 e. The quantitative estimate of drug-likeness (QED) is 0.444. The molecule has 0 aliphatic heterocycles. The maximum atomic E-state index is 10.9. The van der Waals surface area contributed by atoms with Gasteiger partial charge in [0.15, 0.2) is 0 Å². The minimum atomic E-state index is -0.615. The van der Waals surface area contributed by atoms with E-state index in [1.807, 2.05) is 13.8 Å². The van der Waals surface area contributed by atoms with Crippen LogP contribution in [0.3, 0.4) is 0 Å². The Hall–Kier alpha value is 0.620. The molecule has 0 bridgehead atoms. The molecule has 0 saturated heterocycles. The molecule has 0 aromatic rings. The van der Waals surface area contributed by atoms with Crippen molar-refractivity contribution in [3.63, 3.8) is 0 Å². The van der Waals surface area contributed by atoms with E-state index in [0.29, 0.717) is 28.5 Å². The van der Waals surface area contributed by atoms with E-state index in [0.717, 1.165) is 32.1 Å². The lowest BCUT2D eigenvalue weighted by Gasteiger charge is -2.43. The third-order valence-corrected chi connectivity index (χ3v) is 10.1. The number of halogens is 2. The predicted octanol–water partition coefficient (Wildman–Crippen LogP) is 5.05. The highest BCUT2D eigenvalue weighted by atomic mass is 79.9. The van der Waals surface area contributed by atoms with Crippen LogP contribution in [0.5, 0.6) is 0 Å². The number of fused-ring (bicyclic) bond motifs is 1. The lowest BCUT2D eigenvalue weighted by molar-refractivity contribution is 0.0153. The summed E-state index contributed by atoms with van der Waals surface area (Å²) in [5.41, 5.74) is 0.292. The largest absolute Gasteiger partial charge is 0.390 e. The van der Waals surface area contributed by atoms with Crippen molar-refractivity contribution in [1.29, 1.82) is 0 Å². The molecule has 2 nitrogen and oxygen atoms in total. The van der Waals surface area contributed by atoms with E-state index in [9.17, 15) is 10.2 Å². The van der Waals surface area contributed by atoms with Crippen LogP contribution in [0.25, 0.3) is 0 Å². The Bertz CT molecular complexity index is 526. The van der Waals surface area contributed by atoms with Gasteiger partial charge in [0.25, 0.3) is 0 Å². The summed E-state index contributed by atoms with van der Waals surface area (Å²) in [6.07, 6.45) is 4.78. The van der Waals surface area contributed by atoms with Crippen LogP contribution in [0.2, 0.25) is 0 Å². The van der Waals surface area contributed by atoms with Gasteiger partial charge in [-0.3, -0.25) is 0 Å². The number of alkyl halides is 2. The minimum absolute atomic E-state index is 0.126. The molecule has 0 aromatic heterocycles. The second-order valence-corrected chi connectivity index (χ2v) is 11.8. The lowest BCUT2D eigenvalue weighted by atomic mass is 9.66. The molecule has 0 aromatic carbocycles. The van der Waals surface area contributed by atoms with Crippen LogP contribution in [0.1, 0.15) is 59.8 Å². The SMILES string of the molecule is C=C([C@@H]1CC[C@](C)(O)[C@H](Br)C1)[C@H]1[C@H](Br)[C@@H]2[C@@H](CC[C@]2(C)O)C1(C)C. The second-order valence-electron chi connectivity index (χ2n) is 9.64. The smallest absolute Gasteiger partial charge is 0.0744 e. The van der Waals surface area contributed by atoms with Gasteiger partial charge in [0.05, 0.1) is 11.2 Å². The molecule has 4 heteroatoms. The van der Waals surface area contributed by atoms with Crippen molar-refractivity contribution in [1.82, 2.24) is 0 Å². The number of hydrogen-bond donors (Lipinski definition) is 2. The zero-order valence-electron chi connectivity index (χ0n) is 15.4. The highest BCUT2D eigenvalue weighted by molar-refractivity contribution is 9.09. The van der Waals surface area contributed by atoms with Crippen LogP contribution < -0.4 is 0 Å². The molecule has 24 heavy (non-hydrogen) atoms. The molecule has 138 valence electrons. The van der Waals surface area contributed by atoms with E-state index in [4.69, 9.17) is 0 Å². The van der Waals surface area contributed by atoms with Crippen LogP contribution in [-0.4, -0.2) is 31.1 Å². The van der Waals surface area contributed by atoms with Crippen LogP contribution in [-0.2, 0) is 0 Å². The summed E-state index contributed by atoms with van der Waals surface area (Å²) in [5, 5.41) is 21.3. The third kappa shape index (κ3) is 2.88. The fourth-order valence-corrected chi connectivity index (χ4v) is 8.63. The summed E-state index contributed by atoms with van der Waals surface area (Å²) in [6.45, 7) is 13.2. The molecule has 3 aliphatic carbocycles. The monoisotopic (exact) mass is 462 g/mol. The molecule has 3 fully saturated rings. The highest BCUT2D eigenvalue weighted by Gasteiger charge is 2.63. The number of allylic oxidation sites excluding steroid dienone is 1. The first-order chi connectivity index (χ1) is 10.9. The van der Waals surface area contributed by atoms with Crippen molar-refractivity contribution >= 4 is 31.9 Å². The van der Waals surface area contributed by atoms with Gasteiger partial charge in [-0.25, -0.2) is 0 Å². The third-order valence-electron chi connectivity index (χ3n) is 7.62. The predicted molar refractivity (Wildman–Crippen MR) is 107 cm³/mol. The standard InChI is InChI=1S/C20H32Br2O2/c1-11(12-6-8-19(4,23)14(21)10-12)15-17(22)16-13(18(15,2)3)7-9-20(16,5)24/h12-17,23-24H,1,6-10H2,2-5H3/t12-,13-,14-,15+,16+,17+,19+,20+/m1/s1. The molecular formula is C20H32Br2O2. The summed E-state index contributed by atoms with van der Waals surface area (Å²) >= 11 is 7.68. The van der Waals surface area contributed by atoms with E-state index < -0.39 is 11.2 Å². The van der Waals surface area contributed by atoms with Crippen molar-refractivity contribution in [3.05, 3.63) is 12.2 Å². The highest BCUT2D eigenvalue weighted by Crippen LogP contribution is 2.65. The summed E-state index contributed by atoms with van der Waals surface area (Å²) in [6, 6.07) is 0. The molecule has 3 rings (SSSR count). The molecule has 0 amide bonds. The number of hydrogen-bond acceptors (Lipinski definition) is 2. The first-order valence-electron chi connectivity index (χ1n) is 9.31. The minimum Gasteiger partial charge on any atom is -0.390 e. The molecule has 0 heterocycles. The van der Waals surface area contributed by atoms with Gasteiger partial charge in [-0.1, -0.05) is 57.9 Å². The van der Waals surface area contributed by atoms with Gasteiger partial charge in [0.1, 0.15) is 0 Å². The van der Waals surface area contributed by atoms with Gasteiger partial charge >= 0.3 is 0 Å². The molecular weight excluding hydrogens is 432 g/mol. The van der Waals surface area contributed by atoms with Gasteiger partial charge in [-0.15, -0.1) is 0 Å². The first-order valence-corrected chi connectivity index (χ1v) is 11.1. The number of rotatable bonds is 2. The zero-order valence-corrected chi connectivity index (χ0v) is 18.5.